The van der Waals surface area contributed by atoms with E-state index in [0.717, 1.165) is 11.1 Å². The summed E-state index contributed by atoms with van der Waals surface area (Å²) in [5.74, 6) is 0. The van der Waals surface area contributed by atoms with Crippen LogP contribution in [0.1, 0.15) is 11.1 Å². The zero-order valence-corrected chi connectivity index (χ0v) is 16.7. The van der Waals surface area contributed by atoms with Crippen LogP contribution >= 0.6 is 0 Å². The topological polar surface area (TPSA) is 95.1 Å². The molecule has 0 spiro atoms. The van der Waals surface area contributed by atoms with E-state index in [1.54, 1.807) is 12.2 Å². The van der Waals surface area contributed by atoms with Crippen molar-refractivity contribution in [2.75, 3.05) is 23.8 Å². The van der Waals surface area contributed by atoms with Crippen molar-refractivity contribution in [1.29, 1.82) is 0 Å². The molecule has 2 aromatic rings. The van der Waals surface area contributed by atoms with Crippen molar-refractivity contribution in [3.8, 4) is 0 Å². The number of anilines is 2. The maximum absolute atomic E-state index is 11.9. The summed E-state index contributed by atoms with van der Waals surface area (Å²) in [6, 6.07) is 15.1. The number of hydrogen-bond donors (Lipinski definition) is 2. The molecule has 2 aliphatic rings. The fraction of sp³-hybridized carbons (Fsp3) is 0.217. The second-order valence-corrected chi connectivity index (χ2v) is 7.03. The first-order valence-corrected chi connectivity index (χ1v) is 9.84. The number of benzene rings is 2. The third-order valence-corrected chi connectivity index (χ3v) is 4.63. The number of ether oxygens (including phenoxy) is 4. The second kappa shape index (κ2) is 9.71. The second-order valence-electron chi connectivity index (χ2n) is 7.03. The van der Waals surface area contributed by atoms with E-state index in [1.807, 2.05) is 48.5 Å². The van der Waals surface area contributed by atoms with Crippen molar-refractivity contribution < 1.29 is 28.5 Å². The first-order chi connectivity index (χ1) is 15.1. The van der Waals surface area contributed by atoms with Crippen LogP contribution in [-0.4, -0.2) is 37.6 Å². The van der Waals surface area contributed by atoms with E-state index in [9.17, 15) is 9.59 Å². The van der Waals surface area contributed by atoms with E-state index in [0.29, 0.717) is 31.0 Å². The van der Waals surface area contributed by atoms with Gasteiger partial charge in [0, 0.05) is 11.4 Å². The summed E-state index contributed by atoms with van der Waals surface area (Å²) in [7, 11) is 0. The normalized spacial score (nSPS) is 18.7. The van der Waals surface area contributed by atoms with Gasteiger partial charge < -0.3 is 18.9 Å². The molecule has 0 radical (unpaired) electrons. The highest BCUT2D eigenvalue weighted by molar-refractivity contribution is 5.85. The van der Waals surface area contributed by atoms with Gasteiger partial charge in [0.1, 0.15) is 13.2 Å². The highest BCUT2D eigenvalue weighted by atomic mass is 16.6. The quantitative estimate of drug-likeness (QED) is 0.725. The Hall–Kier alpha value is -3.94. The van der Waals surface area contributed by atoms with E-state index in [-0.39, 0.29) is 12.2 Å². The van der Waals surface area contributed by atoms with Gasteiger partial charge in [0.25, 0.3) is 0 Å². The fourth-order valence-electron chi connectivity index (χ4n) is 3.06. The van der Waals surface area contributed by atoms with E-state index < -0.39 is 12.2 Å². The molecule has 31 heavy (non-hydrogen) atoms. The van der Waals surface area contributed by atoms with Gasteiger partial charge in [-0.15, -0.1) is 0 Å². The minimum absolute atomic E-state index is 0.342. The Balaban J connectivity index is 1.24. The minimum atomic E-state index is -0.522. The molecule has 2 heterocycles. The molecule has 0 saturated carbocycles. The van der Waals surface area contributed by atoms with E-state index in [1.165, 1.54) is 12.5 Å². The predicted molar refractivity (Wildman–Crippen MR) is 114 cm³/mol. The molecule has 0 aliphatic carbocycles. The molecule has 2 amide bonds. The molecule has 2 aromatic carbocycles. The maximum atomic E-state index is 11.9. The Morgan fingerprint density at radius 1 is 0.742 bits per heavy atom. The van der Waals surface area contributed by atoms with Crippen LogP contribution in [0.4, 0.5) is 21.0 Å². The zero-order valence-electron chi connectivity index (χ0n) is 16.7. The molecule has 2 atom stereocenters. The van der Waals surface area contributed by atoms with Crippen molar-refractivity contribution in [2.24, 2.45) is 0 Å². The molecule has 0 aromatic heterocycles. The Kier molecular flexibility index (Phi) is 6.37. The van der Waals surface area contributed by atoms with Crippen molar-refractivity contribution in [1.82, 2.24) is 0 Å². The van der Waals surface area contributed by atoms with Crippen LogP contribution in [-0.2, 0) is 25.4 Å². The highest BCUT2D eigenvalue weighted by Gasteiger charge is 2.16. The molecule has 160 valence electrons. The molecule has 0 bridgehead atoms. The van der Waals surface area contributed by atoms with Gasteiger partial charge in [-0.05, 0) is 54.0 Å². The van der Waals surface area contributed by atoms with Crippen LogP contribution in [0.2, 0.25) is 0 Å². The SMILES string of the molecule is O=C(Nc1ccc(Cc2ccc(NC(=O)OC3C=COC3)cc2)cc1)OC1C=COC1. The first-order valence-electron chi connectivity index (χ1n) is 9.84. The van der Waals surface area contributed by atoms with E-state index in [4.69, 9.17) is 18.9 Å². The Morgan fingerprint density at radius 2 is 1.16 bits per heavy atom. The average molecular weight is 422 g/mol. The van der Waals surface area contributed by atoms with Crippen molar-refractivity contribution in [2.45, 2.75) is 18.6 Å². The van der Waals surface area contributed by atoms with Crippen molar-refractivity contribution in [3.05, 3.63) is 84.3 Å². The van der Waals surface area contributed by atoms with Gasteiger partial charge in [-0.3, -0.25) is 10.6 Å². The summed E-state index contributed by atoms with van der Waals surface area (Å²) in [4.78, 5) is 23.8. The van der Waals surface area contributed by atoms with Gasteiger partial charge in [-0.25, -0.2) is 9.59 Å². The Morgan fingerprint density at radius 3 is 1.52 bits per heavy atom. The molecule has 8 heteroatoms. The van der Waals surface area contributed by atoms with Gasteiger partial charge in [0.2, 0.25) is 0 Å². The smallest absolute Gasteiger partial charge is 0.412 e. The number of carbonyl (C=O) groups excluding carboxylic acids is 2. The maximum Gasteiger partial charge on any atom is 0.412 e. The Bertz CT molecular complexity index is 889. The summed E-state index contributed by atoms with van der Waals surface area (Å²) in [5, 5.41) is 5.39. The van der Waals surface area contributed by atoms with Gasteiger partial charge in [0.15, 0.2) is 12.2 Å². The molecular weight excluding hydrogens is 400 g/mol. The van der Waals surface area contributed by atoms with Crippen molar-refractivity contribution in [3.63, 3.8) is 0 Å². The van der Waals surface area contributed by atoms with Gasteiger partial charge in [0.05, 0.1) is 12.5 Å². The average Bonchev–Trinajstić information content (AvgIpc) is 3.45. The largest absolute Gasteiger partial charge is 0.497 e. The fourth-order valence-corrected chi connectivity index (χ4v) is 3.06. The summed E-state index contributed by atoms with van der Waals surface area (Å²) in [6.07, 6.45) is 5.37. The molecule has 4 rings (SSSR count). The van der Waals surface area contributed by atoms with Crippen LogP contribution < -0.4 is 10.6 Å². The van der Waals surface area contributed by atoms with Crippen LogP contribution in [0.15, 0.2) is 73.2 Å². The third-order valence-electron chi connectivity index (χ3n) is 4.63. The van der Waals surface area contributed by atoms with Crippen LogP contribution in [0, 0.1) is 0 Å². The molecule has 2 N–H and O–H groups in total. The number of carbonyl (C=O) groups is 2. The van der Waals surface area contributed by atoms with Crippen LogP contribution in [0.3, 0.4) is 0 Å². The zero-order chi connectivity index (χ0) is 21.5. The van der Waals surface area contributed by atoms with Gasteiger partial charge in [-0.1, -0.05) is 24.3 Å². The third kappa shape index (κ3) is 6.02. The van der Waals surface area contributed by atoms with Crippen LogP contribution in [0.25, 0.3) is 0 Å². The summed E-state index contributed by atoms with van der Waals surface area (Å²) >= 11 is 0. The van der Waals surface area contributed by atoms with Crippen molar-refractivity contribution >= 4 is 23.6 Å². The lowest BCUT2D eigenvalue weighted by atomic mass is 10.0. The lowest BCUT2D eigenvalue weighted by Crippen LogP contribution is -2.22. The lowest BCUT2D eigenvalue weighted by molar-refractivity contribution is 0.104. The standard InChI is InChI=1S/C23H22N2O6/c26-22(30-20-9-11-28-14-20)24-18-5-1-16(2-6-18)13-17-3-7-19(8-4-17)25-23(27)31-21-10-12-29-15-21/h1-12,20-21H,13-15H2,(H,24,26)(H,25,27). The number of nitrogens with one attached hydrogen (secondary N) is 2. The monoisotopic (exact) mass is 422 g/mol. The molecule has 2 aliphatic heterocycles. The molecule has 0 fully saturated rings. The number of amides is 2. The minimum Gasteiger partial charge on any atom is -0.497 e. The number of rotatable bonds is 6. The van der Waals surface area contributed by atoms with Gasteiger partial charge in [-0.2, -0.15) is 0 Å². The van der Waals surface area contributed by atoms with Gasteiger partial charge >= 0.3 is 12.2 Å². The predicted octanol–water partition coefficient (Wildman–Crippen LogP) is 4.20. The highest BCUT2D eigenvalue weighted by Crippen LogP contribution is 2.17. The summed E-state index contributed by atoms with van der Waals surface area (Å²) in [6.45, 7) is 0.684. The molecule has 0 saturated heterocycles. The molecular formula is C23H22N2O6. The lowest BCUT2D eigenvalue weighted by Gasteiger charge is -2.11. The molecule has 8 nitrogen and oxygen atoms in total. The summed E-state index contributed by atoms with van der Waals surface area (Å²) < 4.78 is 20.4. The first kappa shape index (κ1) is 20.3. The molecule has 2 unspecified atom stereocenters. The van der Waals surface area contributed by atoms with E-state index >= 15 is 0 Å². The summed E-state index contributed by atoms with van der Waals surface area (Å²) in [5.41, 5.74) is 3.47. The van der Waals surface area contributed by atoms with E-state index in [2.05, 4.69) is 10.6 Å². The van der Waals surface area contributed by atoms with Crippen LogP contribution in [0.5, 0.6) is 0 Å². The Labute approximate surface area is 179 Å². The number of hydrogen-bond acceptors (Lipinski definition) is 6.